The average Bonchev–Trinajstić information content (AvgIpc) is 2.99. The number of nitrogens with one attached hydrogen (secondary N) is 1. The maximum atomic E-state index is 12.9. The van der Waals surface area contributed by atoms with E-state index in [1.807, 2.05) is 18.2 Å². The first-order chi connectivity index (χ1) is 14.1. The number of rotatable bonds is 7. The number of ether oxygens (including phenoxy) is 3. The zero-order valence-electron chi connectivity index (χ0n) is 17.4. The number of hydrogen-bond acceptors (Lipinski definition) is 5. The van der Waals surface area contributed by atoms with Gasteiger partial charge in [0.2, 0.25) is 5.91 Å². The summed E-state index contributed by atoms with van der Waals surface area (Å²) in [5.74, 6) is 2.07. The average molecular weight is 399 g/mol. The van der Waals surface area contributed by atoms with E-state index in [9.17, 15) is 4.79 Å². The maximum absolute atomic E-state index is 12.9. The van der Waals surface area contributed by atoms with Crippen LogP contribution in [0.3, 0.4) is 0 Å². The number of methoxy groups -OCH3 is 3. The van der Waals surface area contributed by atoms with Crippen LogP contribution in [0.5, 0.6) is 17.2 Å². The minimum atomic E-state index is -0.0584. The molecular formula is C23H30N2O4. The van der Waals surface area contributed by atoms with Gasteiger partial charge in [0.15, 0.2) is 0 Å². The normalized spacial score (nSPS) is 17.3. The summed E-state index contributed by atoms with van der Waals surface area (Å²) in [6.07, 6.45) is 4.50. The Labute approximate surface area is 172 Å². The first-order valence-corrected chi connectivity index (χ1v) is 10.0. The number of carbonyl (C=O) groups is 1. The molecule has 1 atom stereocenters. The van der Waals surface area contributed by atoms with E-state index in [1.165, 1.54) is 18.4 Å². The molecule has 29 heavy (non-hydrogen) atoms. The van der Waals surface area contributed by atoms with Gasteiger partial charge >= 0.3 is 0 Å². The number of benzene rings is 2. The van der Waals surface area contributed by atoms with Gasteiger partial charge in [-0.2, -0.15) is 0 Å². The summed E-state index contributed by atoms with van der Waals surface area (Å²) in [7, 11) is 4.86. The van der Waals surface area contributed by atoms with Crippen molar-refractivity contribution in [3.63, 3.8) is 0 Å². The van der Waals surface area contributed by atoms with Crippen molar-refractivity contribution in [3.8, 4) is 17.2 Å². The second kappa shape index (κ2) is 10.2. The third kappa shape index (κ3) is 5.41. The number of amides is 1. The molecule has 1 saturated heterocycles. The number of nitrogens with zero attached hydrogens (tertiary/aromatic N) is 1. The summed E-state index contributed by atoms with van der Waals surface area (Å²) in [5.41, 5.74) is 1.84. The summed E-state index contributed by atoms with van der Waals surface area (Å²) in [6, 6.07) is 13.8. The van der Waals surface area contributed by atoms with Crippen molar-refractivity contribution >= 4 is 11.6 Å². The summed E-state index contributed by atoms with van der Waals surface area (Å²) < 4.78 is 15.9. The lowest BCUT2D eigenvalue weighted by atomic mass is 10.0. The summed E-state index contributed by atoms with van der Waals surface area (Å²) >= 11 is 0. The highest BCUT2D eigenvalue weighted by Gasteiger charge is 2.25. The molecular weight excluding hydrogens is 368 g/mol. The fourth-order valence-electron chi connectivity index (χ4n) is 3.85. The van der Waals surface area contributed by atoms with Gasteiger partial charge in [0.1, 0.15) is 17.2 Å². The van der Waals surface area contributed by atoms with Crippen LogP contribution in [0.4, 0.5) is 5.69 Å². The maximum Gasteiger partial charge on any atom is 0.238 e. The van der Waals surface area contributed by atoms with Gasteiger partial charge in [0, 0.05) is 12.1 Å². The largest absolute Gasteiger partial charge is 0.497 e. The predicted molar refractivity (Wildman–Crippen MR) is 114 cm³/mol. The topological polar surface area (TPSA) is 60.0 Å². The number of anilines is 1. The van der Waals surface area contributed by atoms with E-state index in [0.29, 0.717) is 23.7 Å². The molecule has 6 nitrogen and oxygen atoms in total. The van der Waals surface area contributed by atoms with Crippen LogP contribution in [0.25, 0.3) is 0 Å². The van der Waals surface area contributed by atoms with Crippen molar-refractivity contribution in [2.24, 2.45) is 0 Å². The van der Waals surface area contributed by atoms with E-state index in [0.717, 1.165) is 25.1 Å². The second-order valence-electron chi connectivity index (χ2n) is 7.22. The van der Waals surface area contributed by atoms with Crippen molar-refractivity contribution in [1.29, 1.82) is 0 Å². The molecule has 1 heterocycles. The zero-order valence-corrected chi connectivity index (χ0v) is 17.4. The molecule has 1 aliphatic heterocycles. The van der Waals surface area contributed by atoms with E-state index in [1.54, 1.807) is 33.5 Å². The Morgan fingerprint density at radius 1 is 0.966 bits per heavy atom. The van der Waals surface area contributed by atoms with Crippen LogP contribution in [-0.4, -0.2) is 45.2 Å². The first kappa shape index (κ1) is 21.0. The smallest absolute Gasteiger partial charge is 0.238 e. The molecule has 1 amide bonds. The summed E-state index contributed by atoms with van der Waals surface area (Å²) in [4.78, 5) is 15.1. The van der Waals surface area contributed by atoms with E-state index >= 15 is 0 Å². The Hall–Kier alpha value is -2.73. The lowest BCUT2D eigenvalue weighted by Crippen LogP contribution is -2.36. The third-order valence-corrected chi connectivity index (χ3v) is 5.39. The molecule has 3 rings (SSSR count). The van der Waals surface area contributed by atoms with Crippen molar-refractivity contribution < 1.29 is 19.0 Å². The van der Waals surface area contributed by atoms with Crippen LogP contribution in [0, 0.1) is 0 Å². The third-order valence-electron chi connectivity index (χ3n) is 5.39. The van der Waals surface area contributed by atoms with E-state index < -0.39 is 0 Å². The highest BCUT2D eigenvalue weighted by molar-refractivity contribution is 5.94. The van der Waals surface area contributed by atoms with Crippen LogP contribution in [0.1, 0.15) is 37.3 Å². The lowest BCUT2D eigenvalue weighted by Gasteiger charge is -2.30. The minimum Gasteiger partial charge on any atom is -0.497 e. The quantitative estimate of drug-likeness (QED) is 0.755. The van der Waals surface area contributed by atoms with Gasteiger partial charge < -0.3 is 19.5 Å². The van der Waals surface area contributed by atoms with Crippen molar-refractivity contribution in [1.82, 2.24) is 4.90 Å². The molecule has 0 spiro atoms. The SMILES string of the molecule is COc1ccc([C@@H]2CCCCCN2CC(=O)Nc2cc(OC)ccc2OC)cc1. The number of likely N-dealkylation sites (tertiary alicyclic amines) is 1. The van der Waals surface area contributed by atoms with Crippen LogP contribution in [-0.2, 0) is 4.79 Å². The fourth-order valence-corrected chi connectivity index (χ4v) is 3.85. The Morgan fingerprint density at radius 3 is 2.38 bits per heavy atom. The molecule has 0 radical (unpaired) electrons. The number of hydrogen-bond donors (Lipinski definition) is 1. The molecule has 0 aromatic heterocycles. The van der Waals surface area contributed by atoms with E-state index in [2.05, 4.69) is 22.3 Å². The van der Waals surface area contributed by atoms with Crippen molar-refractivity contribution in [2.75, 3.05) is 39.7 Å². The van der Waals surface area contributed by atoms with Gasteiger partial charge in [-0.05, 0) is 49.2 Å². The van der Waals surface area contributed by atoms with Gasteiger partial charge in [0.25, 0.3) is 0 Å². The minimum absolute atomic E-state index is 0.0584. The standard InChI is InChI=1S/C23H30N2O4/c1-27-18-10-8-17(9-11-18)21-7-5-4-6-14-25(21)16-23(26)24-20-15-19(28-2)12-13-22(20)29-3/h8-13,15,21H,4-7,14,16H2,1-3H3,(H,24,26)/t21-/m0/s1. The van der Waals surface area contributed by atoms with Crippen LogP contribution >= 0.6 is 0 Å². The van der Waals surface area contributed by atoms with Crippen molar-refractivity contribution in [3.05, 3.63) is 48.0 Å². The molecule has 2 aromatic rings. The molecule has 1 N–H and O–H groups in total. The fraction of sp³-hybridized carbons (Fsp3) is 0.435. The van der Waals surface area contributed by atoms with Gasteiger partial charge in [-0.1, -0.05) is 25.0 Å². The molecule has 6 heteroatoms. The second-order valence-corrected chi connectivity index (χ2v) is 7.22. The van der Waals surface area contributed by atoms with E-state index in [-0.39, 0.29) is 11.9 Å². The zero-order chi connectivity index (χ0) is 20.6. The van der Waals surface area contributed by atoms with Gasteiger partial charge in [0.05, 0.1) is 33.6 Å². The molecule has 0 aliphatic carbocycles. The Bertz CT molecular complexity index is 807. The molecule has 0 saturated carbocycles. The Morgan fingerprint density at radius 2 is 1.69 bits per heavy atom. The predicted octanol–water partition coefficient (Wildman–Crippen LogP) is 4.27. The van der Waals surface area contributed by atoms with Gasteiger partial charge in [-0.25, -0.2) is 0 Å². The Kier molecular flexibility index (Phi) is 7.36. The molecule has 1 fully saturated rings. The Balaban J connectivity index is 1.74. The molecule has 2 aromatic carbocycles. The highest BCUT2D eigenvalue weighted by atomic mass is 16.5. The van der Waals surface area contributed by atoms with Crippen LogP contribution < -0.4 is 19.5 Å². The molecule has 156 valence electrons. The first-order valence-electron chi connectivity index (χ1n) is 10.0. The molecule has 1 aliphatic rings. The molecule has 0 bridgehead atoms. The van der Waals surface area contributed by atoms with Crippen LogP contribution in [0.15, 0.2) is 42.5 Å². The number of carbonyl (C=O) groups excluding carboxylic acids is 1. The summed E-state index contributed by atoms with van der Waals surface area (Å²) in [6.45, 7) is 1.23. The van der Waals surface area contributed by atoms with E-state index in [4.69, 9.17) is 14.2 Å². The van der Waals surface area contributed by atoms with Crippen LogP contribution in [0.2, 0.25) is 0 Å². The lowest BCUT2D eigenvalue weighted by molar-refractivity contribution is -0.117. The highest BCUT2D eigenvalue weighted by Crippen LogP contribution is 2.32. The molecule has 0 unspecified atom stereocenters. The van der Waals surface area contributed by atoms with Gasteiger partial charge in [-0.3, -0.25) is 9.69 Å². The monoisotopic (exact) mass is 398 g/mol. The van der Waals surface area contributed by atoms with Gasteiger partial charge in [-0.15, -0.1) is 0 Å². The summed E-state index contributed by atoms with van der Waals surface area (Å²) in [5, 5.41) is 2.99. The van der Waals surface area contributed by atoms with Crippen molar-refractivity contribution in [2.45, 2.75) is 31.7 Å².